The lowest BCUT2D eigenvalue weighted by Gasteiger charge is -2.30. The van der Waals surface area contributed by atoms with Crippen LogP contribution in [0.3, 0.4) is 0 Å². The Morgan fingerprint density at radius 1 is 1.03 bits per heavy atom. The van der Waals surface area contributed by atoms with E-state index >= 15 is 0 Å². The van der Waals surface area contributed by atoms with E-state index in [0.717, 1.165) is 12.3 Å². The van der Waals surface area contributed by atoms with Crippen molar-refractivity contribution in [3.63, 3.8) is 0 Å². The molecule has 0 unspecified atom stereocenters. The molecule has 0 N–H and O–H groups in total. The van der Waals surface area contributed by atoms with Crippen LogP contribution < -0.4 is 4.90 Å². The van der Waals surface area contributed by atoms with E-state index < -0.39 is 52.9 Å². The van der Waals surface area contributed by atoms with Crippen LogP contribution in [0.25, 0.3) is 0 Å². The zero-order chi connectivity index (χ0) is 26.4. The van der Waals surface area contributed by atoms with Crippen molar-refractivity contribution in [1.82, 2.24) is 9.21 Å². The first-order valence-electron chi connectivity index (χ1n) is 10.6. The van der Waals surface area contributed by atoms with Gasteiger partial charge in [-0.15, -0.1) is 0 Å². The van der Waals surface area contributed by atoms with Crippen LogP contribution in [0.2, 0.25) is 0 Å². The molecule has 14 nitrogen and oxygen atoms in total. The van der Waals surface area contributed by atoms with Crippen molar-refractivity contribution in [2.45, 2.75) is 17.7 Å². The van der Waals surface area contributed by atoms with Crippen LogP contribution in [-0.4, -0.2) is 100 Å². The molecule has 1 saturated heterocycles. The van der Waals surface area contributed by atoms with Crippen LogP contribution in [-0.2, 0) is 24.3 Å². The highest BCUT2D eigenvalue weighted by Crippen LogP contribution is 2.40. The molecule has 0 saturated carbocycles. The lowest BCUT2D eigenvalue weighted by atomic mass is 10.2. The minimum absolute atomic E-state index is 0.0408. The van der Waals surface area contributed by atoms with Crippen molar-refractivity contribution in [2.24, 2.45) is 0 Å². The van der Waals surface area contributed by atoms with Gasteiger partial charge in [0.25, 0.3) is 15.8 Å². The number of nitrogens with zero attached hydrogens (tertiary/aromatic N) is 5. The van der Waals surface area contributed by atoms with E-state index in [1.807, 2.05) is 7.05 Å². The maximum absolute atomic E-state index is 13.7. The number of nitro benzene ring substituents is 2. The minimum atomic E-state index is -4.39. The Morgan fingerprint density at radius 2 is 1.63 bits per heavy atom. The first-order chi connectivity index (χ1) is 16.3. The number of hydrogen-bond acceptors (Lipinski definition) is 11. The molecule has 1 aromatic carbocycles. The topological polar surface area (TPSA) is 174 Å². The molecule has 1 fully saturated rings. The van der Waals surface area contributed by atoms with E-state index in [9.17, 15) is 37.1 Å². The molecule has 17 heteroatoms. The fourth-order valence-corrected chi connectivity index (χ4v) is 6.28. The Bertz CT molecular complexity index is 1140. The van der Waals surface area contributed by atoms with Crippen LogP contribution in [0.4, 0.5) is 17.1 Å². The summed E-state index contributed by atoms with van der Waals surface area (Å²) in [5, 5.41) is 23.7. The van der Waals surface area contributed by atoms with Crippen LogP contribution in [0, 0.1) is 20.2 Å². The highest BCUT2D eigenvalue weighted by Gasteiger charge is 2.37. The van der Waals surface area contributed by atoms with Gasteiger partial charge >= 0.3 is 5.69 Å². The lowest BCUT2D eigenvalue weighted by molar-refractivity contribution is -0.394. The van der Waals surface area contributed by atoms with Gasteiger partial charge in [-0.25, -0.2) is 8.42 Å². The van der Waals surface area contributed by atoms with E-state index in [1.54, 1.807) is 0 Å². The Kier molecular flexibility index (Phi) is 10.3. The quantitative estimate of drug-likeness (QED) is 0.155. The molecule has 1 aliphatic rings. The summed E-state index contributed by atoms with van der Waals surface area (Å²) in [7, 11) is -6.29. The number of sulfonamides is 1. The molecule has 1 heterocycles. The Balaban J connectivity index is 2.68. The summed E-state index contributed by atoms with van der Waals surface area (Å²) >= 11 is 3.21. The third kappa shape index (κ3) is 8.04. The van der Waals surface area contributed by atoms with Crippen molar-refractivity contribution in [2.75, 3.05) is 69.4 Å². The number of rotatable bonds is 11. The average molecular weight is 602 g/mol. The molecule has 1 aliphatic heterocycles. The van der Waals surface area contributed by atoms with Crippen molar-refractivity contribution in [3.05, 3.63) is 32.4 Å². The normalized spacial score (nSPS) is 16.4. The highest BCUT2D eigenvalue weighted by atomic mass is 79.9. The van der Waals surface area contributed by atoms with Gasteiger partial charge in [-0.1, -0.05) is 15.9 Å². The predicted molar refractivity (Wildman–Crippen MR) is 132 cm³/mol. The van der Waals surface area contributed by atoms with E-state index in [2.05, 4.69) is 20.8 Å². The number of alkyl halides is 1. The number of nitro groups is 2. The van der Waals surface area contributed by atoms with Crippen LogP contribution in [0.5, 0.6) is 0 Å². The van der Waals surface area contributed by atoms with Gasteiger partial charge < -0.3 is 9.80 Å². The number of anilines is 1. The fraction of sp³-hybridized carbons (Fsp3) is 0.667. The predicted octanol–water partition coefficient (Wildman–Crippen LogP) is 1.40. The van der Waals surface area contributed by atoms with Crippen LogP contribution in [0.15, 0.2) is 17.0 Å². The molecule has 0 aliphatic carbocycles. The van der Waals surface area contributed by atoms with Gasteiger partial charge in [0.2, 0.25) is 10.0 Å². The first kappa shape index (κ1) is 29.3. The van der Waals surface area contributed by atoms with Crippen LogP contribution >= 0.6 is 15.9 Å². The smallest absolute Gasteiger partial charge is 0.300 e. The molecule has 2 rings (SSSR count). The summed E-state index contributed by atoms with van der Waals surface area (Å²) in [4.78, 5) is 24.4. The molecule has 0 amide bonds. The van der Waals surface area contributed by atoms with Crippen molar-refractivity contribution in [3.8, 4) is 0 Å². The maximum Gasteiger partial charge on any atom is 0.300 e. The first-order valence-corrected chi connectivity index (χ1v) is 15.0. The highest BCUT2D eigenvalue weighted by molar-refractivity contribution is 9.09. The fourth-order valence-electron chi connectivity index (χ4n) is 3.71. The Hall–Kier alpha value is -1.92. The summed E-state index contributed by atoms with van der Waals surface area (Å²) in [6, 6.07) is 1.52. The van der Waals surface area contributed by atoms with Gasteiger partial charge in [-0.05, 0) is 33.0 Å². The summed E-state index contributed by atoms with van der Waals surface area (Å²) in [5.74, 6) is 0. The second-order valence-electron chi connectivity index (χ2n) is 7.94. The summed E-state index contributed by atoms with van der Waals surface area (Å²) in [6.45, 7) is 0.981. The molecule has 0 radical (unpaired) electrons. The number of benzene rings is 1. The molecule has 198 valence electrons. The lowest BCUT2D eigenvalue weighted by Crippen LogP contribution is -2.40. The Morgan fingerprint density at radius 3 is 2.11 bits per heavy atom. The molecule has 1 aromatic rings. The SMILES string of the molecule is CN1CCCN(S(=O)(=O)c2cc([N+](=O)[O-])cc([N+](=O)[O-])c2N(CCBr)CCOS(C)(=O)=O)CCC1. The summed E-state index contributed by atoms with van der Waals surface area (Å²) in [5.41, 5.74) is -1.86. The maximum atomic E-state index is 13.7. The van der Waals surface area contributed by atoms with Crippen molar-refractivity contribution in [1.29, 1.82) is 0 Å². The van der Waals surface area contributed by atoms with Gasteiger partial charge in [0.15, 0.2) is 0 Å². The van der Waals surface area contributed by atoms with Gasteiger partial charge in [0, 0.05) is 37.6 Å². The standard InChI is InChI=1S/C18H28BrN5O9S2/c1-20-6-3-8-22(9-4-7-20)35(31,32)17-14-15(23(25)26)13-16(24(27)28)18(17)21(10-5-19)11-12-33-34(2,29)30/h13-14H,3-12H2,1-2H3. The zero-order valence-corrected chi connectivity index (χ0v) is 22.5. The van der Waals surface area contributed by atoms with Crippen molar-refractivity contribution >= 4 is 53.1 Å². The summed E-state index contributed by atoms with van der Waals surface area (Å²) < 4.78 is 56.2. The van der Waals surface area contributed by atoms with Gasteiger partial charge in [0.05, 0.1) is 28.8 Å². The molecular formula is C18H28BrN5O9S2. The Labute approximate surface area is 212 Å². The second kappa shape index (κ2) is 12.4. The third-order valence-electron chi connectivity index (χ3n) is 5.29. The van der Waals surface area contributed by atoms with Crippen LogP contribution in [0.1, 0.15) is 12.8 Å². The van der Waals surface area contributed by atoms with Gasteiger partial charge in [-0.3, -0.25) is 24.4 Å². The molecule has 35 heavy (non-hydrogen) atoms. The molecule has 0 spiro atoms. The largest absolute Gasteiger partial charge is 0.362 e. The molecular weight excluding hydrogens is 574 g/mol. The number of hydrogen-bond donors (Lipinski definition) is 0. The third-order valence-corrected chi connectivity index (χ3v) is 8.15. The van der Waals surface area contributed by atoms with Crippen molar-refractivity contribution < 1.29 is 30.9 Å². The second-order valence-corrected chi connectivity index (χ2v) is 12.3. The minimum Gasteiger partial charge on any atom is -0.362 e. The average Bonchev–Trinajstić information content (AvgIpc) is 2.73. The van der Waals surface area contributed by atoms with E-state index in [4.69, 9.17) is 4.18 Å². The van der Waals surface area contributed by atoms with E-state index in [-0.39, 0.29) is 37.2 Å². The van der Waals surface area contributed by atoms with Gasteiger partial charge in [-0.2, -0.15) is 12.7 Å². The van der Waals surface area contributed by atoms with Gasteiger partial charge in [0.1, 0.15) is 10.6 Å². The molecule has 0 atom stereocenters. The molecule has 0 bridgehead atoms. The van der Waals surface area contributed by atoms with E-state index in [1.165, 1.54) is 9.21 Å². The monoisotopic (exact) mass is 601 g/mol. The number of halogens is 1. The van der Waals surface area contributed by atoms with E-state index in [0.29, 0.717) is 32.0 Å². The number of non-ortho nitro benzene ring substituents is 1. The zero-order valence-electron chi connectivity index (χ0n) is 19.3. The summed E-state index contributed by atoms with van der Waals surface area (Å²) in [6.07, 6.45) is 1.86. The molecule has 0 aromatic heterocycles.